The first-order chi connectivity index (χ1) is 9.93. The first-order valence-electron chi connectivity index (χ1n) is 7.48. The molecule has 2 N–H and O–H groups in total. The fourth-order valence-electron chi connectivity index (χ4n) is 2.76. The minimum Gasteiger partial charge on any atom is -0.454 e. The van der Waals surface area contributed by atoms with E-state index in [2.05, 4.69) is 60.7 Å². The van der Waals surface area contributed by atoms with Crippen LogP contribution in [0.3, 0.4) is 0 Å². The van der Waals surface area contributed by atoms with Gasteiger partial charge in [-0.2, -0.15) is 0 Å². The van der Waals surface area contributed by atoms with Crippen LogP contribution >= 0.6 is 15.9 Å². The van der Waals surface area contributed by atoms with Gasteiger partial charge in [-0.05, 0) is 53.4 Å². The van der Waals surface area contributed by atoms with E-state index in [1.54, 1.807) is 0 Å². The zero-order chi connectivity index (χ0) is 15.6. The monoisotopic (exact) mass is 356 g/mol. The predicted molar refractivity (Wildman–Crippen MR) is 88.7 cm³/mol. The maximum atomic E-state index is 6.09. The van der Waals surface area contributed by atoms with Crippen LogP contribution in [0.15, 0.2) is 16.6 Å². The number of fused-ring (bicyclic) bond motifs is 1. The number of nitrogens with two attached hydrogens (primary N) is 1. The maximum Gasteiger partial charge on any atom is 0.231 e. The van der Waals surface area contributed by atoms with Crippen molar-refractivity contribution in [3.05, 3.63) is 22.2 Å². The molecule has 21 heavy (non-hydrogen) atoms. The second kappa shape index (κ2) is 6.99. The van der Waals surface area contributed by atoms with Crippen LogP contribution in [0.25, 0.3) is 0 Å². The minimum absolute atomic E-state index is 0.179. The Morgan fingerprint density at radius 3 is 2.52 bits per heavy atom. The quantitative estimate of drug-likeness (QED) is 0.846. The summed E-state index contributed by atoms with van der Waals surface area (Å²) in [5.41, 5.74) is 7.25. The Hall–Kier alpha value is -0.780. The molecule has 118 valence electrons. The average molecular weight is 357 g/mol. The van der Waals surface area contributed by atoms with E-state index in [4.69, 9.17) is 15.2 Å². The first kappa shape index (κ1) is 16.6. The van der Waals surface area contributed by atoms with Crippen molar-refractivity contribution in [2.75, 3.05) is 19.9 Å². The first-order valence-corrected chi connectivity index (χ1v) is 8.28. The summed E-state index contributed by atoms with van der Waals surface area (Å²) in [6, 6.07) is 4.77. The predicted octanol–water partition coefficient (Wildman–Crippen LogP) is 3.54. The van der Waals surface area contributed by atoms with Crippen molar-refractivity contribution in [2.45, 2.75) is 39.8 Å². The smallest absolute Gasteiger partial charge is 0.231 e. The second-order valence-corrected chi connectivity index (χ2v) is 7.03. The number of hydrogen-bond donors (Lipinski definition) is 1. The van der Waals surface area contributed by atoms with Crippen molar-refractivity contribution >= 4 is 15.9 Å². The Labute approximate surface area is 135 Å². The standard InChI is InChI=1S/C16H25BrN2O2/c1-10(2)8-19(11(3)4)14(7-18)12-5-13(17)16-15(6-12)20-9-21-16/h5-6,10-11,14H,7-9,18H2,1-4H3. The van der Waals surface area contributed by atoms with Crippen LogP contribution in [0.1, 0.15) is 39.3 Å². The molecule has 2 rings (SSSR count). The lowest BCUT2D eigenvalue weighted by Gasteiger charge is -2.36. The van der Waals surface area contributed by atoms with Gasteiger partial charge in [-0.25, -0.2) is 0 Å². The zero-order valence-corrected chi connectivity index (χ0v) is 14.8. The van der Waals surface area contributed by atoms with E-state index in [0.29, 0.717) is 18.5 Å². The molecule has 1 aliphatic rings. The Bertz CT molecular complexity index is 491. The van der Waals surface area contributed by atoms with E-state index < -0.39 is 0 Å². The van der Waals surface area contributed by atoms with E-state index in [1.807, 2.05) is 0 Å². The summed E-state index contributed by atoms with van der Waals surface area (Å²) in [7, 11) is 0. The molecular formula is C16H25BrN2O2. The summed E-state index contributed by atoms with van der Waals surface area (Å²) < 4.78 is 11.9. The molecule has 0 aromatic heterocycles. The summed E-state index contributed by atoms with van der Waals surface area (Å²) in [4.78, 5) is 2.45. The third kappa shape index (κ3) is 3.71. The highest BCUT2D eigenvalue weighted by molar-refractivity contribution is 9.10. The molecule has 0 saturated carbocycles. The molecule has 1 heterocycles. The Morgan fingerprint density at radius 2 is 1.95 bits per heavy atom. The number of nitrogens with zero attached hydrogens (tertiary/aromatic N) is 1. The van der Waals surface area contributed by atoms with Gasteiger partial charge in [-0.15, -0.1) is 0 Å². The number of halogens is 1. The second-order valence-electron chi connectivity index (χ2n) is 6.17. The normalized spacial score (nSPS) is 15.3. The summed E-state index contributed by atoms with van der Waals surface area (Å²) in [6.45, 7) is 10.8. The van der Waals surface area contributed by atoms with Crippen molar-refractivity contribution < 1.29 is 9.47 Å². The van der Waals surface area contributed by atoms with Crippen LogP contribution in [0.4, 0.5) is 0 Å². The molecule has 0 bridgehead atoms. The number of benzene rings is 1. The minimum atomic E-state index is 0.179. The molecule has 1 aliphatic heterocycles. The van der Waals surface area contributed by atoms with E-state index >= 15 is 0 Å². The van der Waals surface area contributed by atoms with Gasteiger partial charge in [0.25, 0.3) is 0 Å². The van der Waals surface area contributed by atoms with Crippen LogP contribution in [0, 0.1) is 5.92 Å². The Kier molecular flexibility index (Phi) is 5.52. The molecule has 0 amide bonds. The molecule has 0 spiro atoms. The van der Waals surface area contributed by atoms with Crippen LogP contribution in [-0.4, -0.2) is 30.8 Å². The molecule has 1 aromatic carbocycles. The highest BCUT2D eigenvalue weighted by Gasteiger charge is 2.26. The van der Waals surface area contributed by atoms with E-state index in [0.717, 1.165) is 22.5 Å². The van der Waals surface area contributed by atoms with Crippen molar-refractivity contribution in [1.82, 2.24) is 4.90 Å². The topological polar surface area (TPSA) is 47.7 Å². The third-order valence-electron chi connectivity index (χ3n) is 3.70. The molecule has 1 unspecified atom stereocenters. The largest absolute Gasteiger partial charge is 0.454 e. The van der Waals surface area contributed by atoms with E-state index in [-0.39, 0.29) is 12.8 Å². The van der Waals surface area contributed by atoms with E-state index in [9.17, 15) is 0 Å². The summed E-state index contributed by atoms with van der Waals surface area (Å²) in [5, 5.41) is 0. The Balaban J connectivity index is 2.33. The van der Waals surface area contributed by atoms with Gasteiger partial charge < -0.3 is 15.2 Å². The van der Waals surface area contributed by atoms with Crippen LogP contribution in [-0.2, 0) is 0 Å². The molecular weight excluding hydrogens is 332 g/mol. The molecule has 1 atom stereocenters. The lowest BCUT2D eigenvalue weighted by molar-refractivity contribution is 0.138. The fourth-order valence-corrected chi connectivity index (χ4v) is 3.34. The van der Waals surface area contributed by atoms with Crippen LogP contribution in [0.5, 0.6) is 11.5 Å². The summed E-state index contributed by atoms with van der Waals surface area (Å²) in [5.74, 6) is 2.18. The molecule has 5 heteroatoms. The zero-order valence-electron chi connectivity index (χ0n) is 13.2. The highest BCUT2D eigenvalue weighted by Crippen LogP contribution is 2.42. The lowest BCUT2D eigenvalue weighted by Crippen LogP contribution is -2.40. The van der Waals surface area contributed by atoms with Crippen molar-refractivity contribution in [3.8, 4) is 11.5 Å². The summed E-state index contributed by atoms with van der Waals surface area (Å²) in [6.07, 6.45) is 0. The van der Waals surface area contributed by atoms with Gasteiger partial charge in [-0.1, -0.05) is 13.8 Å². The molecule has 1 aromatic rings. The highest BCUT2D eigenvalue weighted by atomic mass is 79.9. The lowest BCUT2D eigenvalue weighted by atomic mass is 10.0. The number of ether oxygens (including phenoxy) is 2. The van der Waals surface area contributed by atoms with Gasteiger partial charge in [0, 0.05) is 25.2 Å². The molecule has 0 aliphatic carbocycles. The number of hydrogen-bond acceptors (Lipinski definition) is 4. The summed E-state index contributed by atoms with van der Waals surface area (Å²) >= 11 is 3.57. The van der Waals surface area contributed by atoms with Gasteiger partial charge >= 0.3 is 0 Å². The molecule has 4 nitrogen and oxygen atoms in total. The molecule has 0 saturated heterocycles. The van der Waals surface area contributed by atoms with Gasteiger partial charge in [-0.3, -0.25) is 4.90 Å². The van der Waals surface area contributed by atoms with E-state index in [1.165, 1.54) is 5.56 Å². The molecule has 0 radical (unpaired) electrons. The number of rotatable bonds is 6. The van der Waals surface area contributed by atoms with Crippen molar-refractivity contribution in [2.24, 2.45) is 11.7 Å². The Morgan fingerprint density at radius 1 is 1.24 bits per heavy atom. The fraction of sp³-hybridized carbons (Fsp3) is 0.625. The third-order valence-corrected chi connectivity index (χ3v) is 4.29. The van der Waals surface area contributed by atoms with Crippen LogP contribution in [0.2, 0.25) is 0 Å². The van der Waals surface area contributed by atoms with Crippen molar-refractivity contribution in [1.29, 1.82) is 0 Å². The van der Waals surface area contributed by atoms with Gasteiger partial charge in [0.2, 0.25) is 6.79 Å². The van der Waals surface area contributed by atoms with Gasteiger partial charge in [0.05, 0.1) is 4.47 Å². The van der Waals surface area contributed by atoms with Crippen LogP contribution < -0.4 is 15.2 Å². The van der Waals surface area contributed by atoms with Gasteiger partial charge in [0.1, 0.15) is 0 Å². The van der Waals surface area contributed by atoms with Gasteiger partial charge in [0.15, 0.2) is 11.5 Å². The SMILES string of the molecule is CC(C)CN(C(C)C)C(CN)c1cc(Br)c2c(c1)OCO2. The maximum absolute atomic E-state index is 6.09. The van der Waals surface area contributed by atoms with Crippen molar-refractivity contribution in [3.63, 3.8) is 0 Å². The average Bonchev–Trinajstić information content (AvgIpc) is 2.86. The molecule has 0 fully saturated rings.